The van der Waals surface area contributed by atoms with E-state index in [2.05, 4.69) is 18.7 Å². The van der Waals surface area contributed by atoms with Crippen molar-refractivity contribution in [1.29, 1.82) is 0 Å². The summed E-state index contributed by atoms with van der Waals surface area (Å²) in [5, 5.41) is 0. The first-order valence-electron chi connectivity index (χ1n) is 6.45. The van der Waals surface area contributed by atoms with Crippen LogP contribution in [0.2, 0.25) is 0 Å². The third kappa shape index (κ3) is 2.89. The van der Waals surface area contributed by atoms with E-state index in [9.17, 15) is 4.79 Å². The van der Waals surface area contributed by atoms with Gasteiger partial charge in [-0.15, -0.1) is 6.58 Å². The fraction of sp³-hybridized carbons (Fsp3) is 0.312. The minimum atomic E-state index is 0.121. The first kappa shape index (κ1) is 12.6. The minimum absolute atomic E-state index is 0.121. The van der Waals surface area contributed by atoms with Crippen LogP contribution in [0.25, 0.3) is 0 Å². The van der Waals surface area contributed by atoms with Gasteiger partial charge in [0.1, 0.15) is 0 Å². The van der Waals surface area contributed by atoms with Crippen LogP contribution in [0.1, 0.15) is 19.3 Å². The molecule has 2 nitrogen and oxygen atoms in total. The molecule has 0 saturated heterocycles. The highest BCUT2D eigenvalue weighted by atomic mass is 16.2. The Labute approximate surface area is 109 Å². The van der Waals surface area contributed by atoms with Crippen LogP contribution in [0.15, 0.2) is 55.1 Å². The highest BCUT2D eigenvalue weighted by molar-refractivity contribution is 5.95. The Morgan fingerprint density at radius 3 is 2.72 bits per heavy atom. The van der Waals surface area contributed by atoms with Crippen molar-refractivity contribution in [2.75, 3.05) is 11.4 Å². The lowest BCUT2D eigenvalue weighted by Gasteiger charge is -2.27. The second-order valence-electron chi connectivity index (χ2n) is 4.55. The molecular formula is C16H19NO. The molecule has 2 rings (SSSR count). The fourth-order valence-electron chi connectivity index (χ4n) is 2.30. The Morgan fingerprint density at radius 1 is 1.33 bits per heavy atom. The minimum Gasteiger partial charge on any atom is -0.308 e. The highest BCUT2D eigenvalue weighted by Gasteiger charge is 2.24. The van der Waals surface area contributed by atoms with Gasteiger partial charge in [-0.05, 0) is 31.4 Å². The molecule has 0 unspecified atom stereocenters. The Kier molecular flexibility index (Phi) is 4.35. The molecule has 1 amide bonds. The van der Waals surface area contributed by atoms with Gasteiger partial charge in [0.05, 0.1) is 0 Å². The third-order valence-electron chi connectivity index (χ3n) is 3.26. The molecule has 0 aliphatic heterocycles. The van der Waals surface area contributed by atoms with Crippen molar-refractivity contribution in [3.05, 3.63) is 55.1 Å². The number of carbonyl (C=O) groups excluding carboxylic acids is 1. The predicted molar refractivity (Wildman–Crippen MR) is 75.5 cm³/mol. The molecule has 1 aliphatic rings. The summed E-state index contributed by atoms with van der Waals surface area (Å²) in [6, 6.07) is 9.82. The lowest BCUT2D eigenvalue weighted by Crippen LogP contribution is -2.36. The van der Waals surface area contributed by atoms with Crippen LogP contribution in [0.4, 0.5) is 5.69 Å². The van der Waals surface area contributed by atoms with Gasteiger partial charge in [0.2, 0.25) is 5.91 Å². The zero-order valence-corrected chi connectivity index (χ0v) is 10.6. The van der Waals surface area contributed by atoms with E-state index in [1.165, 1.54) is 0 Å². The molecule has 18 heavy (non-hydrogen) atoms. The van der Waals surface area contributed by atoms with Crippen LogP contribution in [0.3, 0.4) is 0 Å². The molecule has 0 spiro atoms. The first-order chi connectivity index (χ1) is 8.83. The normalized spacial score (nSPS) is 18.3. The number of hydrogen-bond donors (Lipinski definition) is 0. The number of carbonyl (C=O) groups is 1. The summed E-state index contributed by atoms with van der Waals surface area (Å²) < 4.78 is 0. The second kappa shape index (κ2) is 6.20. The topological polar surface area (TPSA) is 20.3 Å². The number of amides is 1. The molecular weight excluding hydrogens is 222 g/mol. The quantitative estimate of drug-likeness (QED) is 0.738. The lowest BCUT2D eigenvalue weighted by atomic mass is 9.93. The average molecular weight is 241 g/mol. The Bertz CT molecular complexity index is 436. The summed E-state index contributed by atoms with van der Waals surface area (Å²) >= 11 is 0. The summed E-state index contributed by atoms with van der Waals surface area (Å²) in [6.45, 7) is 4.32. The van der Waals surface area contributed by atoms with Crippen molar-refractivity contribution >= 4 is 11.6 Å². The van der Waals surface area contributed by atoms with E-state index in [0.717, 1.165) is 24.9 Å². The SMILES string of the molecule is C=CCN(C(=O)[C@@H]1CC=CCC1)c1ccccc1. The average Bonchev–Trinajstić information content (AvgIpc) is 2.46. The lowest BCUT2D eigenvalue weighted by molar-refractivity contribution is -0.122. The molecule has 94 valence electrons. The number of hydrogen-bond acceptors (Lipinski definition) is 1. The van der Waals surface area contributed by atoms with Gasteiger partial charge in [-0.3, -0.25) is 4.79 Å². The second-order valence-corrected chi connectivity index (χ2v) is 4.55. The standard InChI is InChI=1S/C16H19NO/c1-2-13-17(15-11-7-4-8-12-15)16(18)14-9-5-3-6-10-14/h2-5,7-8,11-12,14H,1,6,9-10,13H2/t14-/m1/s1. The van der Waals surface area contributed by atoms with Gasteiger partial charge in [0, 0.05) is 18.2 Å². The maximum atomic E-state index is 12.5. The number of rotatable bonds is 4. The Balaban J connectivity index is 2.17. The highest BCUT2D eigenvalue weighted by Crippen LogP contribution is 2.24. The molecule has 0 aromatic heterocycles. The summed E-state index contributed by atoms with van der Waals surface area (Å²) in [5.74, 6) is 0.334. The van der Waals surface area contributed by atoms with Crippen molar-refractivity contribution in [2.24, 2.45) is 5.92 Å². The Morgan fingerprint density at radius 2 is 2.11 bits per heavy atom. The van der Waals surface area contributed by atoms with Crippen molar-refractivity contribution in [3.63, 3.8) is 0 Å². The van der Waals surface area contributed by atoms with Crippen molar-refractivity contribution in [2.45, 2.75) is 19.3 Å². The number of para-hydroxylation sites is 1. The molecule has 1 aromatic rings. The molecule has 1 aliphatic carbocycles. The number of benzene rings is 1. The van der Waals surface area contributed by atoms with Crippen LogP contribution >= 0.6 is 0 Å². The van der Waals surface area contributed by atoms with E-state index < -0.39 is 0 Å². The van der Waals surface area contributed by atoms with Gasteiger partial charge in [0.25, 0.3) is 0 Å². The van der Waals surface area contributed by atoms with E-state index in [1.54, 1.807) is 6.08 Å². The number of anilines is 1. The van der Waals surface area contributed by atoms with Gasteiger partial charge in [-0.25, -0.2) is 0 Å². The van der Waals surface area contributed by atoms with Gasteiger partial charge < -0.3 is 4.90 Å². The van der Waals surface area contributed by atoms with Gasteiger partial charge in [0.15, 0.2) is 0 Å². The molecule has 1 aromatic carbocycles. The molecule has 1 atom stereocenters. The number of allylic oxidation sites excluding steroid dienone is 2. The smallest absolute Gasteiger partial charge is 0.230 e. The van der Waals surface area contributed by atoms with Crippen molar-refractivity contribution in [3.8, 4) is 0 Å². The largest absolute Gasteiger partial charge is 0.308 e. The van der Waals surface area contributed by atoms with Crippen molar-refractivity contribution in [1.82, 2.24) is 0 Å². The van der Waals surface area contributed by atoms with E-state index in [-0.39, 0.29) is 11.8 Å². The molecule has 2 heteroatoms. The molecule has 0 radical (unpaired) electrons. The van der Waals surface area contributed by atoms with Crippen LogP contribution in [-0.4, -0.2) is 12.5 Å². The van der Waals surface area contributed by atoms with Crippen LogP contribution in [0.5, 0.6) is 0 Å². The molecule has 0 heterocycles. The molecule has 0 saturated carbocycles. The summed E-state index contributed by atoms with van der Waals surface area (Å²) in [5.41, 5.74) is 0.956. The van der Waals surface area contributed by atoms with Crippen molar-refractivity contribution < 1.29 is 4.79 Å². The maximum absolute atomic E-state index is 12.5. The summed E-state index contributed by atoms with van der Waals surface area (Å²) in [4.78, 5) is 14.4. The van der Waals surface area contributed by atoms with Gasteiger partial charge in [-0.1, -0.05) is 36.4 Å². The Hall–Kier alpha value is -1.83. The van der Waals surface area contributed by atoms with Crippen LogP contribution in [0, 0.1) is 5.92 Å². The van der Waals surface area contributed by atoms with Gasteiger partial charge in [-0.2, -0.15) is 0 Å². The monoisotopic (exact) mass is 241 g/mol. The molecule has 0 N–H and O–H groups in total. The van der Waals surface area contributed by atoms with E-state index in [4.69, 9.17) is 0 Å². The van der Waals surface area contributed by atoms with E-state index in [1.807, 2.05) is 35.2 Å². The van der Waals surface area contributed by atoms with E-state index in [0.29, 0.717) is 6.54 Å². The number of nitrogens with zero attached hydrogens (tertiary/aromatic N) is 1. The molecule has 0 fully saturated rings. The third-order valence-corrected chi connectivity index (χ3v) is 3.26. The zero-order valence-electron chi connectivity index (χ0n) is 10.6. The molecule has 0 bridgehead atoms. The zero-order chi connectivity index (χ0) is 12.8. The van der Waals surface area contributed by atoms with Crippen LogP contribution in [-0.2, 0) is 4.79 Å². The summed E-state index contributed by atoms with van der Waals surface area (Å²) in [6.07, 6.45) is 8.87. The van der Waals surface area contributed by atoms with E-state index >= 15 is 0 Å². The maximum Gasteiger partial charge on any atom is 0.230 e. The first-order valence-corrected chi connectivity index (χ1v) is 6.45. The fourth-order valence-corrected chi connectivity index (χ4v) is 2.30. The summed E-state index contributed by atoms with van der Waals surface area (Å²) in [7, 11) is 0. The van der Waals surface area contributed by atoms with Crippen LogP contribution < -0.4 is 4.90 Å². The van der Waals surface area contributed by atoms with Gasteiger partial charge >= 0.3 is 0 Å². The predicted octanol–water partition coefficient (Wildman–Crippen LogP) is 3.56.